The Balaban J connectivity index is 1.82. The number of anilines is 1. The minimum Gasteiger partial charge on any atom is -0.412 e. The molecule has 0 unspecified atom stereocenters. The van der Waals surface area contributed by atoms with Gasteiger partial charge in [-0.15, -0.1) is 10.2 Å². The molecule has 0 aliphatic heterocycles. The van der Waals surface area contributed by atoms with E-state index < -0.39 is 5.91 Å². The van der Waals surface area contributed by atoms with Gasteiger partial charge in [-0.1, -0.05) is 47.5 Å². The SMILES string of the molecule is O=C(Nc1cccc(Cl)c1Cl)c1nnc(-c2ccccc2)o1. The van der Waals surface area contributed by atoms with Crippen molar-refractivity contribution >= 4 is 34.8 Å². The molecule has 0 spiro atoms. The Morgan fingerprint density at radius 3 is 2.55 bits per heavy atom. The highest BCUT2D eigenvalue weighted by Crippen LogP contribution is 2.29. The first-order chi connectivity index (χ1) is 10.6. The van der Waals surface area contributed by atoms with E-state index >= 15 is 0 Å². The van der Waals surface area contributed by atoms with Crippen molar-refractivity contribution in [3.8, 4) is 11.5 Å². The van der Waals surface area contributed by atoms with E-state index in [-0.39, 0.29) is 16.8 Å². The largest absolute Gasteiger partial charge is 0.412 e. The van der Waals surface area contributed by atoms with Crippen molar-refractivity contribution in [2.24, 2.45) is 0 Å². The van der Waals surface area contributed by atoms with Crippen molar-refractivity contribution in [3.63, 3.8) is 0 Å². The van der Waals surface area contributed by atoms with Crippen LogP contribution in [0.25, 0.3) is 11.5 Å². The second kappa shape index (κ2) is 6.17. The van der Waals surface area contributed by atoms with Crippen LogP contribution in [0.1, 0.15) is 10.7 Å². The standard InChI is InChI=1S/C15H9Cl2N3O2/c16-10-7-4-8-11(12(10)17)18-13(21)15-20-19-14(22-15)9-5-2-1-3-6-9/h1-8H,(H,18,21). The predicted molar refractivity (Wildman–Crippen MR) is 84.1 cm³/mol. The number of halogens is 2. The van der Waals surface area contributed by atoms with E-state index in [4.69, 9.17) is 27.6 Å². The number of nitrogens with zero attached hydrogens (tertiary/aromatic N) is 2. The van der Waals surface area contributed by atoms with Gasteiger partial charge in [0.2, 0.25) is 5.89 Å². The summed E-state index contributed by atoms with van der Waals surface area (Å²) in [5, 5.41) is 10.8. The molecule has 0 bridgehead atoms. The summed E-state index contributed by atoms with van der Waals surface area (Å²) < 4.78 is 5.36. The number of hydrogen-bond donors (Lipinski definition) is 1. The second-order valence-electron chi connectivity index (χ2n) is 4.33. The number of benzene rings is 2. The third-order valence-corrected chi connectivity index (χ3v) is 3.66. The maximum atomic E-state index is 12.1. The highest BCUT2D eigenvalue weighted by molar-refractivity contribution is 6.44. The van der Waals surface area contributed by atoms with E-state index in [0.717, 1.165) is 5.56 Å². The number of nitrogens with one attached hydrogen (secondary N) is 1. The number of aromatic nitrogens is 2. The van der Waals surface area contributed by atoms with Gasteiger partial charge in [0.05, 0.1) is 15.7 Å². The number of carbonyl (C=O) groups is 1. The summed E-state index contributed by atoms with van der Waals surface area (Å²) in [4.78, 5) is 12.1. The minimum atomic E-state index is -0.557. The third-order valence-electron chi connectivity index (χ3n) is 2.84. The molecule has 0 saturated carbocycles. The fourth-order valence-electron chi connectivity index (χ4n) is 1.79. The van der Waals surface area contributed by atoms with Crippen LogP contribution < -0.4 is 5.32 Å². The van der Waals surface area contributed by atoms with Crippen molar-refractivity contribution < 1.29 is 9.21 Å². The normalized spacial score (nSPS) is 10.5. The summed E-state index contributed by atoms with van der Waals surface area (Å²) in [6, 6.07) is 14.1. The molecule has 0 aliphatic rings. The number of hydrogen-bond acceptors (Lipinski definition) is 4. The van der Waals surface area contributed by atoms with E-state index in [2.05, 4.69) is 15.5 Å². The van der Waals surface area contributed by atoms with Crippen LogP contribution >= 0.6 is 23.2 Å². The van der Waals surface area contributed by atoms with Gasteiger partial charge in [-0.25, -0.2) is 0 Å². The van der Waals surface area contributed by atoms with E-state index in [1.165, 1.54) is 0 Å². The topological polar surface area (TPSA) is 68.0 Å². The molecule has 3 aromatic rings. The van der Waals surface area contributed by atoms with Crippen LogP contribution in [-0.4, -0.2) is 16.1 Å². The van der Waals surface area contributed by atoms with Crippen LogP contribution in [0.5, 0.6) is 0 Å². The fourth-order valence-corrected chi connectivity index (χ4v) is 2.14. The molecule has 22 heavy (non-hydrogen) atoms. The smallest absolute Gasteiger partial charge is 0.313 e. The predicted octanol–water partition coefficient (Wildman–Crippen LogP) is 4.30. The highest BCUT2D eigenvalue weighted by Gasteiger charge is 2.17. The lowest BCUT2D eigenvalue weighted by Gasteiger charge is -2.05. The lowest BCUT2D eigenvalue weighted by atomic mass is 10.2. The lowest BCUT2D eigenvalue weighted by Crippen LogP contribution is -2.12. The van der Waals surface area contributed by atoms with Crippen LogP contribution in [0.2, 0.25) is 10.0 Å². The summed E-state index contributed by atoms with van der Waals surface area (Å²) in [7, 11) is 0. The van der Waals surface area contributed by atoms with Crippen molar-refractivity contribution in [2.75, 3.05) is 5.32 Å². The monoisotopic (exact) mass is 333 g/mol. The summed E-state index contributed by atoms with van der Waals surface area (Å²) >= 11 is 11.9. The molecule has 3 rings (SSSR count). The molecular weight excluding hydrogens is 325 g/mol. The Bertz CT molecular complexity index is 819. The Morgan fingerprint density at radius 1 is 1.00 bits per heavy atom. The van der Waals surface area contributed by atoms with Gasteiger partial charge in [-0.3, -0.25) is 4.79 Å². The van der Waals surface area contributed by atoms with Crippen LogP contribution in [0.3, 0.4) is 0 Å². The molecule has 1 heterocycles. The molecule has 110 valence electrons. The maximum absolute atomic E-state index is 12.1. The highest BCUT2D eigenvalue weighted by atomic mass is 35.5. The first kappa shape index (κ1) is 14.6. The van der Waals surface area contributed by atoms with Crippen molar-refractivity contribution in [1.82, 2.24) is 10.2 Å². The van der Waals surface area contributed by atoms with Gasteiger partial charge in [0.1, 0.15) is 0 Å². The quantitative estimate of drug-likeness (QED) is 0.776. The Hall–Kier alpha value is -2.37. The zero-order chi connectivity index (χ0) is 15.5. The number of amides is 1. The van der Waals surface area contributed by atoms with Gasteiger partial charge in [0, 0.05) is 5.56 Å². The van der Waals surface area contributed by atoms with E-state index in [1.54, 1.807) is 18.2 Å². The Labute approximate surface area is 135 Å². The minimum absolute atomic E-state index is 0.158. The molecule has 0 fully saturated rings. The van der Waals surface area contributed by atoms with Crippen molar-refractivity contribution in [3.05, 3.63) is 64.5 Å². The van der Waals surface area contributed by atoms with Crippen LogP contribution in [-0.2, 0) is 0 Å². The van der Waals surface area contributed by atoms with Crippen LogP contribution in [0, 0.1) is 0 Å². The molecule has 1 N–H and O–H groups in total. The van der Waals surface area contributed by atoms with Gasteiger partial charge in [-0.2, -0.15) is 0 Å². The first-order valence-corrected chi connectivity index (χ1v) is 7.05. The molecule has 1 aromatic heterocycles. The van der Waals surface area contributed by atoms with E-state index in [0.29, 0.717) is 10.7 Å². The average Bonchev–Trinajstić information content (AvgIpc) is 3.03. The fraction of sp³-hybridized carbons (Fsp3) is 0. The molecule has 0 radical (unpaired) electrons. The van der Waals surface area contributed by atoms with Gasteiger partial charge < -0.3 is 9.73 Å². The third kappa shape index (κ3) is 2.95. The summed E-state index contributed by atoms with van der Waals surface area (Å²) in [6.07, 6.45) is 0. The van der Waals surface area contributed by atoms with Gasteiger partial charge in [-0.05, 0) is 24.3 Å². The van der Waals surface area contributed by atoms with Gasteiger partial charge in [0.25, 0.3) is 0 Å². The first-order valence-electron chi connectivity index (χ1n) is 6.29. The molecule has 0 saturated heterocycles. The summed E-state index contributed by atoms with van der Waals surface area (Å²) in [5.74, 6) is -0.448. The summed E-state index contributed by atoms with van der Waals surface area (Å²) in [6.45, 7) is 0. The van der Waals surface area contributed by atoms with Gasteiger partial charge in [0.15, 0.2) is 0 Å². The zero-order valence-electron chi connectivity index (χ0n) is 11.1. The van der Waals surface area contributed by atoms with E-state index in [1.807, 2.05) is 30.3 Å². The lowest BCUT2D eigenvalue weighted by molar-refractivity contribution is 0.0991. The molecular formula is C15H9Cl2N3O2. The number of carbonyl (C=O) groups excluding carboxylic acids is 1. The summed E-state index contributed by atoms with van der Waals surface area (Å²) in [5.41, 5.74) is 1.11. The molecule has 1 amide bonds. The van der Waals surface area contributed by atoms with Crippen molar-refractivity contribution in [1.29, 1.82) is 0 Å². The van der Waals surface area contributed by atoms with E-state index in [9.17, 15) is 4.79 Å². The molecule has 0 atom stereocenters. The second-order valence-corrected chi connectivity index (χ2v) is 5.12. The molecule has 0 aliphatic carbocycles. The Morgan fingerprint density at radius 2 is 1.77 bits per heavy atom. The van der Waals surface area contributed by atoms with Gasteiger partial charge >= 0.3 is 11.8 Å². The maximum Gasteiger partial charge on any atom is 0.313 e. The average molecular weight is 334 g/mol. The van der Waals surface area contributed by atoms with Crippen LogP contribution in [0.4, 0.5) is 5.69 Å². The molecule has 5 nitrogen and oxygen atoms in total. The molecule has 7 heteroatoms. The van der Waals surface area contributed by atoms with Crippen molar-refractivity contribution in [2.45, 2.75) is 0 Å². The van der Waals surface area contributed by atoms with Crippen LogP contribution in [0.15, 0.2) is 52.9 Å². The zero-order valence-corrected chi connectivity index (χ0v) is 12.6. The Kier molecular flexibility index (Phi) is 4.09. The molecule has 2 aromatic carbocycles. The number of rotatable bonds is 3.